The van der Waals surface area contributed by atoms with Gasteiger partial charge in [0.25, 0.3) is 5.91 Å². The van der Waals surface area contributed by atoms with Gasteiger partial charge in [-0.1, -0.05) is 25.1 Å². The third-order valence-corrected chi connectivity index (χ3v) is 7.47. The van der Waals surface area contributed by atoms with E-state index in [9.17, 15) is 9.59 Å². The molecule has 2 heterocycles. The van der Waals surface area contributed by atoms with Gasteiger partial charge in [0.2, 0.25) is 0 Å². The molecule has 2 aromatic rings. The minimum Gasteiger partial charge on any atom is -0.497 e. The number of ether oxygens (including phenoxy) is 1. The third kappa shape index (κ3) is 5.74. The van der Waals surface area contributed by atoms with Crippen LogP contribution in [0.3, 0.4) is 0 Å². The molecule has 2 aliphatic heterocycles. The Morgan fingerprint density at radius 2 is 2.00 bits per heavy atom. The van der Waals surface area contributed by atoms with Gasteiger partial charge in [0.1, 0.15) is 11.6 Å². The molecule has 0 N–H and O–H groups in total. The average Bonchev–Trinajstić information content (AvgIpc) is 2.86. The molecular formula is C29H36N4O3S. The Labute approximate surface area is 224 Å². The van der Waals surface area contributed by atoms with E-state index in [0.717, 1.165) is 70.3 Å². The molecule has 37 heavy (non-hydrogen) atoms. The molecule has 0 bridgehead atoms. The molecule has 2 aliphatic rings. The van der Waals surface area contributed by atoms with Crippen molar-refractivity contribution in [2.75, 3.05) is 18.6 Å². The van der Waals surface area contributed by atoms with Crippen LogP contribution in [0.1, 0.15) is 70.6 Å². The normalized spacial score (nSPS) is 17.5. The summed E-state index contributed by atoms with van der Waals surface area (Å²) in [5.74, 6) is 1.47. The standard InChI is InChI=1S/C29H36N4O3S/c1-7-10-25(34)33-28(35)37-29(4,5)26(31-33)21-14-15-24-20(17-21)12-9-16-32(24)27(30-19(2)3)22-11-8-13-23(18-22)36-6/h8,11,13-15,17-19H,7,9-10,12,16H2,1-6H3. The molecular weight excluding hydrogens is 484 g/mol. The van der Waals surface area contributed by atoms with Crippen LogP contribution in [0.15, 0.2) is 52.6 Å². The van der Waals surface area contributed by atoms with Crippen molar-refractivity contribution >= 4 is 40.1 Å². The number of imide groups is 1. The van der Waals surface area contributed by atoms with Crippen molar-refractivity contribution in [3.05, 3.63) is 59.2 Å². The van der Waals surface area contributed by atoms with Crippen molar-refractivity contribution in [1.29, 1.82) is 0 Å². The summed E-state index contributed by atoms with van der Waals surface area (Å²) in [4.78, 5) is 32.5. The molecule has 0 spiro atoms. The number of hydrazone groups is 1. The average molecular weight is 521 g/mol. The van der Waals surface area contributed by atoms with Gasteiger partial charge in [0.05, 0.1) is 17.6 Å². The molecule has 7 nitrogen and oxygen atoms in total. The lowest BCUT2D eigenvalue weighted by Gasteiger charge is -2.35. The van der Waals surface area contributed by atoms with E-state index < -0.39 is 4.75 Å². The topological polar surface area (TPSA) is 74.6 Å². The second kappa shape index (κ2) is 11.1. The highest BCUT2D eigenvalue weighted by molar-refractivity contribution is 8.15. The lowest BCUT2D eigenvalue weighted by atomic mass is 9.93. The fourth-order valence-corrected chi connectivity index (χ4v) is 5.65. The number of fused-ring (bicyclic) bond motifs is 1. The lowest BCUT2D eigenvalue weighted by molar-refractivity contribution is -0.127. The molecule has 0 radical (unpaired) electrons. The number of methoxy groups -OCH3 is 1. The Morgan fingerprint density at radius 1 is 1.22 bits per heavy atom. The molecule has 0 saturated heterocycles. The number of thioether (sulfide) groups is 1. The van der Waals surface area contributed by atoms with Crippen molar-refractivity contribution in [3.8, 4) is 5.75 Å². The molecule has 0 aliphatic carbocycles. The highest BCUT2D eigenvalue weighted by atomic mass is 32.2. The van der Waals surface area contributed by atoms with Crippen molar-refractivity contribution in [2.45, 2.75) is 71.1 Å². The maximum absolute atomic E-state index is 12.7. The van der Waals surface area contributed by atoms with Gasteiger partial charge in [-0.05, 0) is 94.1 Å². The summed E-state index contributed by atoms with van der Waals surface area (Å²) < 4.78 is 4.93. The van der Waals surface area contributed by atoms with Crippen LogP contribution in [0.25, 0.3) is 0 Å². The first-order valence-electron chi connectivity index (χ1n) is 12.9. The molecule has 2 amide bonds. The van der Waals surface area contributed by atoms with E-state index in [0.29, 0.717) is 12.8 Å². The van der Waals surface area contributed by atoms with E-state index in [-0.39, 0.29) is 17.2 Å². The largest absolute Gasteiger partial charge is 0.497 e. The molecule has 0 atom stereocenters. The van der Waals surface area contributed by atoms with Gasteiger partial charge in [-0.3, -0.25) is 14.6 Å². The van der Waals surface area contributed by atoms with Gasteiger partial charge in [-0.25, -0.2) is 0 Å². The van der Waals surface area contributed by atoms with E-state index in [1.807, 2.05) is 39.0 Å². The van der Waals surface area contributed by atoms with Gasteiger partial charge in [0.15, 0.2) is 0 Å². The number of aryl methyl sites for hydroxylation is 1. The van der Waals surface area contributed by atoms with E-state index >= 15 is 0 Å². The van der Waals surface area contributed by atoms with Gasteiger partial charge in [-0.2, -0.15) is 10.1 Å². The zero-order valence-corrected chi connectivity index (χ0v) is 23.4. The second-order valence-corrected chi connectivity index (χ2v) is 11.7. The Bertz CT molecular complexity index is 1250. The molecule has 196 valence electrons. The molecule has 8 heteroatoms. The number of anilines is 1. The van der Waals surface area contributed by atoms with Gasteiger partial charge in [-0.15, -0.1) is 0 Å². The first-order valence-corrected chi connectivity index (χ1v) is 13.7. The summed E-state index contributed by atoms with van der Waals surface area (Å²) in [6, 6.07) is 14.5. The summed E-state index contributed by atoms with van der Waals surface area (Å²) >= 11 is 1.15. The van der Waals surface area contributed by atoms with E-state index in [1.54, 1.807) is 7.11 Å². The van der Waals surface area contributed by atoms with Gasteiger partial charge in [0, 0.05) is 30.3 Å². The lowest BCUT2D eigenvalue weighted by Crippen LogP contribution is -2.43. The number of aliphatic imine (C=N–C) groups is 1. The summed E-state index contributed by atoms with van der Waals surface area (Å²) in [5, 5.41) is 5.33. The number of amidine groups is 1. The molecule has 0 fully saturated rings. The quantitative estimate of drug-likeness (QED) is 0.331. The maximum Gasteiger partial charge on any atom is 0.309 e. The van der Waals surface area contributed by atoms with Crippen LogP contribution < -0.4 is 9.64 Å². The van der Waals surface area contributed by atoms with Crippen LogP contribution in [0.5, 0.6) is 5.75 Å². The van der Waals surface area contributed by atoms with Crippen LogP contribution in [0.4, 0.5) is 10.5 Å². The van der Waals surface area contributed by atoms with E-state index in [4.69, 9.17) is 9.73 Å². The highest BCUT2D eigenvalue weighted by Crippen LogP contribution is 2.38. The fraction of sp³-hybridized carbons (Fsp3) is 0.448. The first kappa shape index (κ1) is 26.9. The number of carbonyl (C=O) groups is 2. The number of rotatable bonds is 6. The van der Waals surface area contributed by atoms with Crippen molar-refractivity contribution in [1.82, 2.24) is 5.01 Å². The number of carbonyl (C=O) groups excluding carboxylic acids is 2. The highest BCUT2D eigenvalue weighted by Gasteiger charge is 2.40. The minimum atomic E-state index is -0.548. The number of nitrogens with zero attached hydrogens (tertiary/aromatic N) is 4. The monoisotopic (exact) mass is 520 g/mol. The molecule has 0 unspecified atom stereocenters. The Kier molecular flexibility index (Phi) is 8.07. The molecule has 2 aromatic carbocycles. The molecule has 0 saturated carbocycles. The summed E-state index contributed by atoms with van der Waals surface area (Å²) in [5.41, 5.74) is 5.01. The summed E-state index contributed by atoms with van der Waals surface area (Å²) in [6.45, 7) is 10.9. The number of benzene rings is 2. The van der Waals surface area contributed by atoms with Gasteiger partial charge < -0.3 is 9.64 Å². The Morgan fingerprint density at radius 3 is 2.70 bits per heavy atom. The van der Waals surface area contributed by atoms with Crippen LogP contribution >= 0.6 is 11.8 Å². The van der Waals surface area contributed by atoms with Crippen molar-refractivity contribution < 1.29 is 14.3 Å². The SMILES string of the molecule is CCCC(=O)N1N=C(c2ccc3c(c2)CCCN3C(=NC(C)C)c2cccc(OC)c2)C(C)(C)SC1=O. The third-order valence-electron chi connectivity index (χ3n) is 6.42. The van der Waals surface area contributed by atoms with Crippen molar-refractivity contribution in [3.63, 3.8) is 0 Å². The first-order chi connectivity index (χ1) is 17.6. The van der Waals surface area contributed by atoms with E-state index in [1.165, 1.54) is 5.56 Å². The maximum atomic E-state index is 12.7. The number of hydrogen-bond acceptors (Lipinski definition) is 6. The molecule has 0 aromatic heterocycles. The Balaban J connectivity index is 1.75. The Hall–Kier alpha value is -3.13. The second-order valence-electron chi connectivity index (χ2n) is 10.2. The molecule has 4 rings (SSSR count). The zero-order chi connectivity index (χ0) is 26.7. The smallest absolute Gasteiger partial charge is 0.309 e. The van der Waals surface area contributed by atoms with Crippen LogP contribution in [0, 0.1) is 0 Å². The predicted molar refractivity (Wildman–Crippen MR) is 152 cm³/mol. The van der Waals surface area contributed by atoms with E-state index in [2.05, 4.69) is 48.1 Å². The summed E-state index contributed by atoms with van der Waals surface area (Å²) in [6.07, 6.45) is 2.89. The van der Waals surface area contributed by atoms with Gasteiger partial charge >= 0.3 is 5.24 Å². The number of hydrogen-bond donors (Lipinski definition) is 0. The predicted octanol–water partition coefficient (Wildman–Crippen LogP) is 6.28. The van der Waals surface area contributed by atoms with Crippen LogP contribution in [-0.2, 0) is 11.2 Å². The fourth-order valence-electron chi connectivity index (χ4n) is 4.73. The number of amides is 2. The van der Waals surface area contributed by atoms with Crippen LogP contribution in [-0.4, -0.2) is 52.1 Å². The minimum absolute atomic E-state index is 0.129. The zero-order valence-electron chi connectivity index (χ0n) is 22.6. The summed E-state index contributed by atoms with van der Waals surface area (Å²) in [7, 11) is 1.67. The van der Waals surface area contributed by atoms with Crippen LogP contribution in [0.2, 0.25) is 0 Å². The van der Waals surface area contributed by atoms with Crippen molar-refractivity contribution in [2.24, 2.45) is 10.1 Å².